The summed E-state index contributed by atoms with van der Waals surface area (Å²) in [6.45, 7) is 2.79. The van der Waals surface area contributed by atoms with Crippen molar-refractivity contribution < 1.29 is 13.2 Å². The smallest absolute Gasteiger partial charge is 0.243 e. The second-order valence-electron chi connectivity index (χ2n) is 8.92. The lowest BCUT2D eigenvalue weighted by Crippen LogP contribution is -2.51. The molecule has 0 bridgehead atoms. The Morgan fingerprint density at radius 1 is 1.00 bits per heavy atom. The first-order chi connectivity index (χ1) is 16.0. The summed E-state index contributed by atoms with van der Waals surface area (Å²) in [5.74, 6) is -0.0234. The third-order valence-corrected chi connectivity index (χ3v) is 8.69. The number of nitrogens with zero attached hydrogens (tertiary/aromatic N) is 2. The van der Waals surface area contributed by atoms with Crippen LogP contribution in [0.25, 0.3) is 10.9 Å². The van der Waals surface area contributed by atoms with Crippen LogP contribution in [0.1, 0.15) is 23.1 Å². The van der Waals surface area contributed by atoms with Crippen molar-refractivity contribution in [3.05, 3.63) is 65.4 Å². The predicted molar refractivity (Wildman–Crippen MR) is 129 cm³/mol. The first kappa shape index (κ1) is 22.1. The molecule has 1 amide bonds. The van der Waals surface area contributed by atoms with Gasteiger partial charge in [-0.25, -0.2) is 8.42 Å². The molecule has 0 saturated carbocycles. The molecule has 1 saturated heterocycles. The fourth-order valence-corrected chi connectivity index (χ4v) is 6.39. The molecule has 33 heavy (non-hydrogen) atoms. The normalized spacial score (nSPS) is 17.3. The molecular weight excluding hydrogens is 436 g/mol. The van der Waals surface area contributed by atoms with E-state index in [1.807, 2.05) is 41.4 Å². The zero-order valence-electron chi connectivity index (χ0n) is 18.7. The van der Waals surface area contributed by atoms with Gasteiger partial charge >= 0.3 is 0 Å². The molecule has 2 heterocycles. The summed E-state index contributed by atoms with van der Waals surface area (Å²) in [6, 6.07) is 13.7. The van der Waals surface area contributed by atoms with Crippen LogP contribution in [-0.4, -0.2) is 67.8 Å². The third kappa shape index (κ3) is 4.69. The maximum atomic E-state index is 13.1. The summed E-state index contributed by atoms with van der Waals surface area (Å²) in [5, 5.41) is 4.19. The number of aryl methyl sites for hydroxylation is 2. The van der Waals surface area contributed by atoms with E-state index < -0.39 is 10.0 Å². The van der Waals surface area contributed by atoms with Gasteiger partial charge in [-0.1, -0.05) is 24.3 Å². The number of piperazine rings is 1. The van der Waals surface area contributed by atoms with E-state index in [4.69, 9.17) is 0 Å². The van der Waals surface area contributed by atoms with E-state index >= 15 is 0 Å². The van der Waals surface area contributed by atoms with Crippen LogP contribution < -0.4 is 5.32 Å². The molecule has 1 aliphatic carbocycles. The standard InChI is InChI=1S/C25H30N4O3S/c30-25(26-11-10-21-17-27-24-7-2-1-6-23(21)24)18-28-12-14-29(15-13-28)33(31,32)22-9-8-19-4-3-5-20(19)16-22/h1-2,6-9,16-17,27H,3-5,10-15,18H2,(H,26,30). The maximum Gasteiger partial charge on any atom is 0.243 e. The molecule has 7 nitrogen and oxygen atoms in total. The predicted octanol–water partition coefficient (Wildman–Crippen LogP) is 2.32. The molecule has 3 aromatic rings. The highest BCUT2D eigenvalue weighted by atomic mass is 32.2. The first-order valence-corrected chi connectivity index (χ1v) is 13.1. The van der Waals surface area contributed by atoms with E-state index in [0.717, 1.165) is 31.2 Å². The summed E-state index contributed by atoms with van der Waals surface area (Å²) < 4.78 is 27.7. The molecule has 0 spiro atoms. The van der Waals surface area contributed by atoms with E-state index in [2.05, 4.69) is 16.4 Å². The van der Waals surface area contributed by atoms with Gasteiger partial charge in [0.15, 0.2) is 0 Å². The van der Waals surface area contributed by atoms with E-state index in [-0.39, 0.29) is 5.91 Å². The van der Waals surface area contributed by atoms with Crippen molar-refractivity contribution >= 4 is 26.8 Å². The van der Waals surface area contributed by atoms with Crippen LogP contribution in [0.15, 0.2) is 53.6 Å². The van der Waals surface area contributed by atoms with Gasteiger partial charge in [0.1, 0.15) is 0 Å². The Balaban J connectivity index is 1.09. The number of aromatic amines is 1. The number of hydrogen-bond acceptors (Lipinski definition) is 4. The van der Waals surface area contributed by atoms with Crippen LogP contribution in [0, 0.1) is 0 Å². The third-order valence-electron chi connectivity index (χ3n) is 6.80. The number of carbonyl (C=O) groups is 1. The van der Waals surface area contributed by atoms with Crippen LogP contribution in [-0.2, 0) is 34.1 Å². The topological polar surface area (TPSA) is 85.5 Å². The maximum absolute atomic E-state index is 13.1. The Kier molecular flexibility index (Phi) is 6.23. The molecule has 0 atom stereocenters. The second kappa shape index (κ2) is 9.29. The van der Waals surface area contributed by atoms with Crippen molar-refractivity contribution in [3.8, 4) is 0 Å². The average Bonchev–Trinajstić information content (AvgIpc) is 3.46. The number of benzene rings is 2. The molecule has 1 fully saturated rings. The number of hydrogen-bond donors (Lipinski definition) is 2. The number of nitrogens with one attached hydrogen (secondary N) is 2. The van der Waals surface area contributed by atoms with Crippen molar-refractivity contribution in [2.45, 2.75) is 30.6 Å². The summed E-state index contributed by atoms with van der Waals surface area (Å²) in [7, 11) is -3.49. The number of sulfonamides is 1. The average molecular weight is 467 g/mol. The lowest BCUT2D eigenvalue weighted by molar-refractivity contribution is -0.122. The SMILES string of the molecule is O=C(CN1CCN(S(=O)(=O)c2ccc3c(c2)CCC3)CC1)NCCc1c[nH]c2ccccc12. The molecule has 0 unspecified atom stereocenters. The Bertz CT molecular complexity index is 1260. The van der Waals surface area contributed by atoms with Gasteiger partial charge < -0.3 is 10.3 Å². The quantitative estimate of drug-likeness (QED) is 0.560. The number of H-pyrrole nitrogens is 1. The highest BCUT2D eigenvalue weighted by molar-refractivity contribution is 7.89. The Morgan fingerprint density at radius 2 is 1.79 bits per heavy atom. The molecule has 2 aliphatic rings. The van der Waals surface area contributed by atoms with Crippen molar-refractivity contribution in [1.82, 2.24) is 19.5 Å². The van der Waals surface area contributed by atoms with Gasteiger partial charge in [-0.05, 0) is 60.6 Å². The molecule has 2 aromatic carbocycles. The van der Waals surface area contributed by atoms with Gasteiger partial charge in [-0.2, -0.15) is 4.31 Å². The summed E-state index contributed by atoms with van der Waals surface area (Å²) in [4.78, 5) is 18.1. The minimum atomic E-state index is -3.49. The minimum Gasteiger partial charge on any atom is -0.361 e. The lowest BCUT2D eigenvalue weighted by Gasteiger charge is -2.33. The summed E-state index contributed by atoms with van der Waals surface area (Å²) in [6.07, 6.45) is 5.86. The van der Waals surface area contributed by atoms with Gasteiger partial charge in [0.2, 0.25) is 15.9 Å². The molecule has 2 N–H and O–H groups in total. The van der Waals surface area contributed by atoms with E-state index in [9.17, 15) is 13.2 Å². The number of aromatic nitrogens is 1. The first-order valence-electron chi connectivity index (χ1n) is 11.7. The van der Waals surface area contributed by atoms with Gasteiger partial charge in [-0.15, -0.1) is 0 Å². The molecular formula is C25H30N4O3S. The van der Waals surface area contributed by atoms with Crippen LogP contribution in [0.4, 0.5) is 0 Å². The largest absolute Gasteiger partial charge is 0.361 e. The number of para-hydroxylation sites is 1. The zero-order valence-corrected chi connectivity index (χ0v) is 19.5. The minimum absolute atomic E-state index is 0.0234. The number of amides is 1. The highest BCUT2D eigenvalue weighted by Crippen LogP contribution is 2.26. The molecule has 5 rings (SSSR count). The molecule has 174 valence electrons. The zero-order chi connectivity index (χ0) is 22.8. The van der Waals surface area contributed by atoms with Gasteiger partial charge in [0, 0.05) is 49.8 Å². The van der Waals surface area contributed by atoms with Gasteiger partial charge in [-0.3, -0.25) is 9.69 Å². The van der Waals surface area contributed by atoms with Crippen LogP contribution in [0.3, 0.4) is 0 Å². The van der Waals surface area contributed by atoms with E-state index in [0.29, 0.717) is 44.2 Å². The Morgan fingerprint density at radius 3 is 2.64 bits per heavy atom. The van der Waals surface area contributed by atoms with Crippen LogP contribution in [0.2, 0.25) is 0 Å². The van der Waals surface area contributed by atoms with Crippen molar-refractivity contribution in [3.63, 3.8) is 0 Å². The van der Waals surface area contributed by atoms with Crippen molar-refractivity contribution in [2.75, 3.05) is 39.3 Å². The Hall–Kier alpha value is -2.68. The number of rotatable bonds is 7. The molecule has 0 radical (unpaired) electrons. The second-order valence-corrected chi connectivity index (χ2v) is 10.9. The van der Waals surface area contributed by atoms with Gasteiger partial charge in [0.05, 0.1) is 11.4 Å². The molecule has 8 heteroatoms. The highest BCUT2D eigenvalue weighted by Gasteiger charge is 2.29. The fraction of sp³-hybridized carbons (Fsp3) is 0.400. The van der Waals surface area contributed by atoms with Crippen molar-refractivity contribution in [2.24, 2.45) is 0 Å². The molecule has 1 aromatic heterocycles. The molecule has 1 aliphatic heterocycles. The van der Waals surface area contributed by atoms with E-state index in [1.54, 1.807) is 10.4 Å². The van der Waals surface area contributed by atoms with Crippen LogP contribution in [0.5, 0.6) is 0 Å². The summed E-state index contributed by atoms with van der Waals surface area (Å²) in [5.41, 5.74) is 4.73. The van der Waals surface area contributed by atoms with E-state index in [1.165, 1.54) is 22.1 Å². The fourth-order valence-electron chi connectivity index (χ4n) is 4.92. The number of carbonyl (C=O) groups excluding carboxylic acids is 1. The monoisotopic (exact) mass is 466 g/mol. The number of fused-ring (bicyclic) bond motifs is 2. The van der Waals surface area contributed by atoms with Gasteiger partial charge in [0.25, 0.3) is 0 Å². The van der Waals surface area contributed by atoms with Crippen LogP contribution >= 0.6 is 0 Å². The van der Waals surface area contributed by atoms with Crippen molar-refractivity contribution in [1.29, 1.82) is 0 Å². The lowest BCUT2D eigenvalue weighted by atomic mass is 10.1. The summed E-state index contributed by atoms with van der Waals surface area (Å²) >= 11 is 0. The Labute approximate surface area is 194 Å².